The van der Waals surface area contributed by atoms with Crippen LogP contribution in [0.1, 0.15) is 46.5 Å². The molecule has 0 heterocycles. The molecular formula is C18H28ClNO. The van der Waals surface area contributed by atoms with Crippen LogP contribution in [0.2, 0.25) is 5.02 Å². The molecule has 1 aromatic rings. The van der Waals surface area contributed by atoms with Crippen LogP contribution in [-0.4, -0.2) is 17.8 Å². The average molecular weight is 310 g/mol. The van der Waals surface area contributed by atoms with Gasteiger partial charge in [0.05, 0.1) is 12.6 Å². The number of anilines is 1. The molecule has 0 bridgehead atoms. The number of nitrogens with one attached hydrogen (secondary N) is 1. The van der Waals surface area contributed by atoms with Crippen LogP contribution in [-0.2, 0) is 0 Å². The quantitative estimate of drug-likeness (QED) is 0.823. The summed E-state index contributed by atoms with van der Waals surface area (Å²) in [6, 6.07) is 7.87. The molecule has 21 heavy (non-hydrogen) atoms. The van der Waals surface area contributed by atoms with Crippen molar-refractivity contribution in [3.63, 3.8) is 0 Å². The highest BCUT2D eigenvalue weighted by molar-refractivity contribution is 6.30. The fourth-order valence-corrected chi connectivity index (χ4v) is 3.68. The van der Waals surface area contributed by atoms with E-state index in [4.69, 9.17) is 11.6 Å². The molecule has 1 saturated carbocycles. The summed E-state index contributed by atoms with van der Waals surface area (Å²) >= 11 is 6.02. The molecule has 0 radical (unpaired) electrons. The van der Waals surface area contributed by atoms with E-state index in [-0.39, 0.29) is 12.6 Å². The van der Waals surface area contributed by atoms with Gasteiger partial charge in [0.2, 0.25) is 0 Å². The zero-order valence-electron chi connectivity index (χ0n) is 13.4. The van der Waals surface area contributed by atoms with Gasteiger partial charge in [-0.2, -0.15) is 0 Å². The van der Waals surface area contributed by atoms with Crippen LogP contribution in [0.25, 0.3) is 0 Å². The lowest BCUT2D eigenvalue weighted by Crippen LogP contribution is -2.37. The maximum Gasteiger partial charge on any atom is 0.0635 e. The highest BCUT2D eigenvalue weighted by Gasteiger charge is 2.32. The molecule has 0 amide bonds. The first-order valence-corrected chi connectivity index (χ1v) is 8.41. The largest absolute Gasteiger partial charge is 0.394 e. The predicted molar refractivity (Wildman–Crippen MR) is 90.9 cm³/mol. The van der Waals surface area contributed by atoms with Crippen molar-refractivity contribution in [2.75, 3.05) is 11.9 Å². The minimum atomic E-state index is 0.129. The molecule has 1 aliphatic carbocycles. The Morgan fingerprint density at radius 1 is 1.24 bits per heavy atom. The van der Waals surface area contributed by atoms with Crippen molar-refractivity contribution < 1.29 is 5.11 Å². The van der Waals surface area contributed by atoms with Gasteiger partial charge >= 0.3 is 0 Å². The first kappa shape index (κ1) is 16.6. The Morgan fingerprint density at radius 2 is 1.90 bits per heavy atom. The Kier molecular flexibility index (Phi) is 5.56. The van der Waals surface area contributed by atoms with Crippen molar-refractivity contribution in [3.8, 4) is 0 Å². The van der Waals surface area contributed by atoms with Crippen molar-refractivity contribution in [2.24, 2.45) is 17.3 Å². The predicted octanol–water partition coefficient (Wildman–Crippen LogP) is 4.97. The molecule has 2 N–H and O–H groups in total. The van der Waals surface area contributed by atoms with Gasteiger partial charge < -0.3 is 10.4 Å². The molecule has 2 nitrogen and oxygen atoms in total. The first-order chi connectivity index (χ1) is 9.90. The Hall–Kier alpha value is -0.730. The number of rotatable bonds is 4. The molecule has 0 saturated heterocycles. The van der Waals surface area contributed by atoms with Gasteiger partial charge in [-0.1, -0.05) is 38.4 Å². The highest BCUT2D eigenvalue weighted by atomic mass is 35.5. The van der Waals surface area contributed by atoms with Crippen molar-refractivity contribution in [1.82, 2.24) is 0 Å². The number of aliphatic hydroxyl groups excluding tert-OH is 1. The van der Waals surface area contributed by atoms with Gasteiger partial charge in [0, 0.05) is 10.7 Å². The molecule has 1 aliphatic rings. The fraction of sp³-hybridized carbons (Fsp3) is 0.667. The van der Waals surface area contributed by atoms with Crippen LogP contribution in [0.15, 0.2) is 24.3 Å². The van der Waals surface area contributed by atoms with Crippen LogP contribution in [0, 0.1) is 17.3 Å². The summed E-state index contributed by atoms with van der Waals surface area (Å²) in [4.78, 5) is 0. The minimum Gasteiger partial charge on any atom is -0.394 e. The zero-order valence-corrected chi connectivity index (χ0v) is 14.2. The third-order valence-corrected chi connectivity index (χ3v) is 5.17. The van der Waals surface area contributed by atoms with Gasteiger partial charge in [0.1, 0.15) is 0 Å². The fourth-order valence-electron chi connectivity index (χ4n) is 3.49. The first-order valence-electron chi connectivity index (χ1n) is 8.03. The van der Waals surface area contributed by atoms with E-state index in [9.17, 15) is 5.11 Å². The third-order valence-electron chi connectivity index (χ3n) is 4.94. The lowest BCUT2D eigenvalue weighted by atomic mass is 9.68. The zero-order chi connectivity index (χ0) is 15.5. The highest BCUT2D eigenvalue weighted by Crippen LogP contribution is 2.41. The van der Waals surface area contributed by atoms with E-state index >= 15 is 0 Å². The molecule has 1 aromatic carbocycles. The molecule has 1 atom stereocenters. The number of aliphatic hydroxyl groups is 1. The van der Waals surface area contributed by atoms with E-state index in [1.807, 2.05) is 24.3 Å². The molecule has 0 aliphatic heterocycles. The van der Waals surface area contributed by atoms with Crippen molar-refractivity contribution in [3.05, 3.63) is 29.3 Å². The Balaban J connectivity index is 1.94. The second-order valence-corrected chi connectivity index (χ2v) is 7.86. The van der Waals surface area contributed by atoms with Crippen molar-refractivity contribution >= 4 is 17.3 Å². The molecule has 0 aromatic heterocycles. The van der Waals surface area contributed by atoms with Crippen molar-refractivity contribution in [1.29, 1.82) is 0 Å². The monoisotopic (exact) mass is 309 g/mol. The van der Waals surface area contributed by atoms with Gasteiger partial charge in [-0.3, -0.25) is 0 Å². The van der Waals surface area contributed by atoms with Crippen molar-refractivity contribution in [2.45, 2.75) is 52.5 Å². The summed E-state index contributed by atoms with van der Waals surface area (Å²) < 4.78 is 0. The Bertz CT molecular complexity index is 447. The van der Waals surface area contributed by atoms with Gasteiger partial charge in [-0.15, -0.1) is 0 Å². The standard InChI is InChI=1S/C18H28ClNO/c1-18(2,3)14-9-7-13(8-10-14)17(12-21)20-16-6-4-5-15(19)11-16/h4-6,11,13-14,17,20-21H,7-10,12H2,1-3H3. The summed E-state index contributed by atoms with van der Waals surface area (Å²) in [6.45, 7) is 7.20. The molecule has 1 fully saturated rings. The Morgan fingerprint density at radius 3 is 2.43 bits per heavy atom. The Labute approximate surface area is 133 Å². The maximum absolute atomic E-state index is 9.74. The smallest absolute Gasteiger partial charge is 0.0635 e. The second kappa shape index (κ2) is 7.02. The van der Waals surface area contributed by atoms with E-state index in [1.54, 1.807) is 0 Å². The van der Waals surface area contributed by atoms with Crippen LogP contribution in [0.3, 0.4) is 0 Å². The van der Waals surface area contributed by atoms with Crippen LogP contribution in [0.4, 0.5) is 5.69 Å². The minimum absolute atomic E-state index is 0.129. The molecule has 118 valence electrons. The number of benzene rings is 1. The van der Waals surface area contributed by atoms with E-state index in [0.717, 1.165) is 16.6 Å². The summed E-state index contributed by atoms with van der Waals surface area (Å²) in [5, 5.41) is 13.9. The topological polar surface area (TPSA) is 32.3 Å². The number of hydrogen-bond acceptors (Lipinski definition) is 2. The van der Waals surface area contributed by atoms with Gasteiger partial charge in [-0.25, -0.2) is 0 Å². The molecule has 2 rings (SSSR count). The lowest BCUT2D eigenvalue weighted by Gasteiger charge is -2.39. The maximum atomic E-state index is 9.74. The van der Waals surface area contributed by atoms with E-state index in [2.05, 4.69) is 26.1 Å². The van der Waals surface area contributed by atoms with Gasteiger partial charge in [-0.05, 0) is 61.1 Å². The normalized spacial score (nSPS) is 24.6. The van der Waals surface area contributed by atoms with E-state index < -0.39 is 0 Å². The molecule has 1 unspecified atom stereocenters. The summed E-state index contributed by atoms with van der Waals surface area (Å²) in [5.74, 6) is 1.35. The average Bonchev–Trinajstić information content (AvgIpc) is 2.44. The summed E-state index contributed by atoms with van der Waals surface area (Å²) in [7, 11) is 0. The van der Waals surface area contributed by atoms with E-state index in [0.29, 0.717) is 11.3 Å². The number of hydrogen-bond donors (Lipinski definition) is 2. The van der Waals surface area contributed by atoms with Crippen LogP contribution >= 0.6 is 11.6 Å². The van der Waals surface area contributed by atoms with Crippen LogP contribution < -0.4 is 5.32 Å². The summed E-state index contributed by atoms with van der Waals surface area (Å²) in [5.41, 5.74) is 1.40. The molecular weight excluding hydrogens is 282 g/mol. The van der Waals surface area contributed by atoms with Gasteiger partial charge in [0.15, 0.2) is 0 Å². The second-order valence-electron chi connectivity index (χ2n) is 7.42. The SMILES string of the molecule is CC(C)(C)C1CCC(C(CO)Nc2cccc(Cl)c2)CC1. The number of halogens is 1. The van der Waals surface area contributed by atoms with E-state index in [1.165, 1.54) is 25.7 Å². The summed E-state index contributed by atoms with van der Waals surface area (Å²) in [6.07, 6.45) is 4.92. The van der Waals surface area contributed by atoms with Crippen LogP contribution in [0.5, 0.6) is 0 Å². The van der Waals surface area contributed by atoms with Gasteiger partial charge in [0.25, 0.3) is 0 Å². The molecule has 3 heteroatoms. The lowest BCUT2D eigenvalue weighted by molar-refractivity contribution is 0.127. The third kappa shape index (κ3) is 4.62. The molecule has 0 spiro atoms.